The van der Waals surface area contributed by atoms with E-state index in [1.54, 1.807) is 10.6 Å². The third-order valence-corrected chi connectivity index (χ3v) is 7.49. The van der Waals surface area contributed by atoms with E-state index >= 15 is 0 Å². The third-order valence-electron chi connectivity index (χ3n) is 7.49. The fraction of sp³-hybridized carbons (Fsp3) is 0.423. The average Bonchev–Trinajstić information content (AvgIpc) is 3.28. The fourth-order valence-corrected chi connectivity index (χ4v) is 5.70. The van der Waals surface area contributed by atoms with Crippen LogP contribution in [0.4, 0.5) is 5.82 Å². The number of benzene rings is 1. The first-order chi connectivity index (χ1) is 15.7. The summed E-state index contributed by atoms with van der Waals surface area (Å²) in [6.07, 6.45) is 6.50. The second-order valence-corrected chi connectivity index (χ2v) is 10.3. The number of anilines is 1. The van der Waals surface area contributed by atoms with E-state index in [0.717, 1.165) is 29.8 Å². The summed E-state index contributed by atoms with van der Waals surface area (Å²) in [7, 11) is 3.94. The maximum atomic E-state index is 10.7. The molecule has 3 aromatic rings. The third kappa shape index (κ3) is 3.85. The summed E-state index contributed by atoms with van der Waals surface area (Å²) in [5, 5.41) is 32.6. The molecule has 2 N–H and O–H groups in total. The van der Waals surface area contributed by atoms with Gasteiger partial charge in [0.2, 0.25) is 0 Å². The number of piperidine rings is 1. The highest BCUT2D eigenvalue weighted by Gasteiger charge is 2.49. The highest BCUT2D eigenvalue weighted by molar-refractivity contribution is 5.74. The van der Waals surface area contributed by atoms with Gasteiger partial charge in [-0.05, 0) is 75.4 Å². The van der Waals surface area contributed by atoms with Gasteiger partial charge in [-0.15, -0.1) is 10.2 Å². The SMILES string of the molecule is CN(c1ccc(-c2ccc(-c3cc(C#N)n(C)c3)cc2O)nn1)C1C[C@]2(C)CC[C@](C)(C1)N2. The first-order valence-corrected chi connectivity index (χ1v) is 11.4. The van der Waals surface area contributed by atoms with Crippen molar-refractivity contribution in [1.82, 2.24) is 20.1 Å². The van der Waals surface area contributed by atoms with E-state index in [9.17, 15) is 10.4 Å². The predicted octanol–water partition coefficient (Wildman–Crippen LogP) is 4.23. The van der Waals surface area contributed by atoms with Crippen LogP contribution in [0.3, 0.4) is 0 Å². The van der Waals surface area contributed by atoms with E-state index in [2.05, 4.69) is 47.4 Å². The standard InChI is InChI=1S/C26H30N6O/c1-25-9-10-26(2,30-25)14-20(13-25)32(4)24-8-7-22(28-29-24)21-6-5-17(12-23(21)33)18-11-19(15-27)31(3)16-18/h5-8,11-12,16,20,30,33H,9-10,13-14H2,1-4H3/t20?,25-,26+. The number of nitriles is 1. The number of aromatic hydroxyl groups is 1. The number of rotatable bonds is 4. The number of phenols is 1. The van der Waals surface area contributed by atoms with E-state index in [1.807, 2.05) is 43.6 Å². The van der Waals surface area contributed by atoms with Gasteiger partial charge in [0.25, 0.3) is 0 Å². The Morgan fingerprint density at radius 2 is 1.82 bits per heavy atom. The molecular formula is C26H30N6O. The molecule has 0 radical (unpaired) electrons. The number of phenolic OH excluding ortho intramolecular Hbond substituents is 1. The maximum Gasteiger partial charge on any atom is 0.151 e. The van der Waals surface area contributed by atoms with Gasteiger partial charge in [0, 0.05) is 48.5 Å². The summed E-state index contributed by atoms with van der Waals surface area (Å²) in [5.41, 5.74) is 3.96. The lowest BCUT2D eigenvalue weighted by molar-refractivity contribution is 0.207. The number of aryl methyl sites for hydroxylation is 1. The number of hydrogen-bond donors (Lipinski definition) is 2. The number of nitrogens with one attached hydrogen (secondary N) is 1. The second kappa shape index (κ2) is 7.60. The molecule has 2 bridgehead atoms. The molecule has 0 amide bonds. The van der Waals surface area contributed by atoms with Crippen molar-refractivity contribution in [3.63, 3.8) is 0 Å². The average molecular weight is 443 g/mol. The van der Waals surface area contributed by atoms with Gasteiger partial charge in [0.05, 0.1) is 5.69 Å². The molecule has 0 saturated carbocycles. The Morgan fingerprint density at radius 3 is 2.39 bits per heavy atom. The largest absolute Gasteiger partial charge is 0.507 e. The molecule has 2 aromatic heterocycles. The van der Waals surface area contributed by atoms with Crippen LogP contribution < -0.4 is 10.2 Å². The zero-order valence-electron chi connectivity index (χ0n) is 19.6. The zero-order valence-corrected chi connectivity index (χ0v) is 19.6. The second-order valence-electron chi connectivity index (χ2n) is 10.3. The Bertz CT molecular complexity index is 1220. The molecule has 2 aliphatic heterocycles. The molecule has 1 aromatic carbocycles. The molecule has 2 saturated heterocycles. The molecule has 0 spiro atoms. The van der Waals surface area contributed by atoms with Gasteiger partial charge < -0.3 is 19.9 Å². The number of hydrogen-bond acceptors (Lipinski definition) is 6. The first kappa shape index (κ1) is 21.5. The molecule has 5 rings (SSSR count). The molecule has 2 fully saturated rings. The summed E-state index contributed by atoms with van der Waals surface area (Å²) < 4.78 is 1.77. The molecule has 3 atom stereocenters. The maximum absolute atomic E-state index is 10.7. The molecule has 7 nitrogen and oxygen atoms in total. The van der Waals surface area contributed by atoms with Gasteiger partial charge in [0.1, 0.15) is 17.5 Å². The Hall–Kier alpha value is -3.37. The van der Waals surface area contributed by atoms with Crippen LogP contribution in [0.25, 0.3) is 22.4 Å². The Balaban J connectivity index is 1.36. The van der Waals surface area contributed by atoms with Crippen molar-refractivity contribution in [2.24, 2.45) is 7.05 Å². The number of fused-ring (bicyclic) bond motifs is 2. The van der Waals surface area contributed by atoms with Crippen molar-refractivity contribution < 1.29 is 5.11 Å². The Labute approximate surface area is 194 Å². The van der Waals surface area contributed by atoms with Gasteiger partial charge in [-0.1, -0.05) is 6.07 Å². The van der Waals surface area contributed by atoms with Crippen LogP contribution in [0, 0.1) is 11.3 Å². The number of aromatic nitrogens is 3. The minimum absolute atomic E-state index is 0.140. The van der Waals surface area contributed by atoms with Crippen LogP contribution in [0.1, 0.15) is 45.2 Å². The topological polar surface area (TPSA) is 90.0 Å². The van der Waals surface area contributed by atoms with Gasteiger partial charge in [-0.2, -0.15) is 5.26 Å². The van der Waals surface area contributed by atoms with E-state index in [4.69, 9.17) is 0 Å². The van der Waals surface area contributed by atoms with Crippen LogP contribution in [-0.4, -0.2) is 44.0 Å². The van der Waals surface area contributed by atoms with E-state index in [-0.39, 0.29) is 16.8 Å². The first-order valence-electron chi connectivity index (χ1n) is 11.4. The van der Waals surface area contributed by atoms with E-state index in [1.165, 1.54) is 12.8 Å². The summed E-state index contributed by atoms with van der Waals surface area (Å²) in [6, 6.07) is 13.8. The quantitative estimate of drug-likeness (QED) is 0.629. The summed E-state index contributed by atoms with van der Waals surface area (Å²) in [5.74, 6) is 0.989. The fourth-order valence-electron chi connectivity index (χ4n) is 5.70. The van der Waals surface area contributed by atoms with Crippen molar-refractivity contribution in [1.29, 1.82) is 5.26 Å². The highest BCUT2D eigenvalue weighted by atomic mass is 16.3. The molecule has 0 aliphatic carbocycles. The van der Waals surface area contributed by atoms with Gasteiger partial charge >= 0.3 is 0 Å². The highest BCUT2D eigenvalue weighted by Crippen LogP contribution is 2.43. The Kier molecular flexibility index (Phi) is 4.95. The molecule has 4 heterocycles. The lowest BCUT2D eigenvalue weighted by Crippen LogP contribution is -2.58. The van der Waals surface area contributed by atoms with Crippen molar-refractivity contribution in [3.8, 4) is 34.2 Å². The normalized spacial score (nSPS) is 26.2. The molecule has 33 heavy (non-hydrogen) atoms. The van der Waals surface area contributed by atoms with Gasteiger partial charge in [-0.25, -0.2) is 0 Å². The molecule has 1 unspecified atom stereocenters. The molecule has 170 valence electrons. The zero-order chi connectivity index (χ0) is 23.4. The Morgan fingerprint density at radius 1 is 1.09 bits per heavy atom. The van der Waals surface area contributed by atoms with Crippen molar-refractivity contribution >= 4 is 5.82 Å². The lowest BCUT2D eigenvalue weighted by atomic mass is 9.84. The van der Waals surface area contributed by atoms with Crippen LogP contribution in [-0.2, 0) is 7.05 Å². The monoisotopic (exact) mass is 442 g/mol. The minimum Gasteiger partial charge on any atom is -0.507 e. The van der Waals surface area contributed by atoms with Crippen LogP contribution in [0.15, 0.2) is 42.6 Å². The summed E-state index contributed by atoms with van der Waals surface area (Å²) in [4.78, 5) is 2.25. The number of nitrogens with zero attached hydrogens (tertiary/aromatic N) is 5. The van der Waals surface area contributed by atoms with Crippen molar-refractivity contribution in [2.45, 2.75) is 56.7 Å². The van der Waals surface area contributed by atoms with Crippen LogP contribution in [0.5, 0.6) is 5.75 Å². The molecule has 7 heteroatoms. The summed E-state index contributed by atoms with van der Waals surface area (Å²) >= 11 is 0. The lowest BCUT2D eigenvalue weighted by Gasteiger charge is -2.45. The van der Waals surface area contributed by atoms with Crippen molar-refractivity contribution in [3.05, 3.63) is 48.3 Å². The van der Waals surface area contributed by atoms with Crippen molar-refractivity contribution in [2.75, 3.05) is 11.9 Å². The predicted molar refractivity (Wildman–Crippen MR) is 129 cm³/mol. The molecule has 2 aliphatic rings. The van der Waals surface area contributed by atoms with E-state index < -0.39 is 0 Å². The van der Waals surface area contributed by atoms with Gasteiger partial charge in [0.15, 0.2) is 5.82 Å². The summed E-state index contributed by atoms with van der Waals surface area (Å²) in [6.45, 7) is 4.66. The molecular weight excluding hydrogens is 412 g/mol. The van der Waals surface area contributed by atoms with Crippen LogP contribution in [0.2, 0.25) is 0 Å². The van der Waals surface area contributed by atoms with Gasteiger partial charge in [-0.3, -0.25) is 0 Å². The van der Waals surface area contributed by atoms with Crippen LogP contribution >= 0.6 is 0 Å². The minimum atomic E-state index is 0.140. The smallest absolute Gasteiger partial charge is 0.151 e. The van der Waals surface area contributed by atoms with E-state index in [0.29, 0.717) is 23.0 Å².